The Morgan fingerprint density at radius 3 is 2.63 bits per heavy atom. The van der Waals surface area contributed by atoms with Gasteiger partial charge in [-0.25, -0.2) is 9.97 Å². The zero-order valence-corrected chi connectivity index (χ0v) is 17.1. The van der Waals surface area contributed by atoms with Crippen molar-refractivity contribution in [3.63, 3.8) is 0 Å². The van der Waals surface area contributed by atoms with E-state index in [0.717, 1.165) is 16.0 Å². The minimum atomic E-state index is -0.542. The molecule has 0 radical (unpaired) electrons. The number of thiazole rings is 1. The number of nitrogens with zero attached hydrogens (tertiary/aromatic N) is 4. The fraction of sp³-hybridized carbons (Fsp3) is 0.0455. The van der Waals surface area contributed by atoms with Crippen molar-refractivity contribution >= 4 is 51.1 Å². The van der Waals surface area contributed by atoms with Crippen molar-refractivity contribution in [3.8, 4) is 6.07 Å². The van der Waals surface area contributed by atoms with E-state index < -0.39 is 5.91 Å². The smallest absolute Gasteiger partial charge is 0.268 e. The van der Waals surface area contributed by atoms with Gasteiger partial charge in [-0.15, -0.1) is 11.3 Å². The van der Waals surface area contributed by atoms with Crippen LogP contribution in [0.1, 0.15) is 16.1 Å². The molecule has 146 valence electrons. The van der Waals surface area contributed by atoms with Crippen molar-refractivity contribution in [2.24, 2.45) is 0 Å². The lowest BCUT2D eigenvalue weighted by atomic mass is 10.1. The van der Waals surface area contributed by atoms with Crippen LogP contribution in [0.15, 0.2) is 66.5 Å². The maximum atomic E-state index is 12.5. The molecule has 0 aliphatic heterocycles. The summed E-state index contributed by atoms with van der Waals surface area (Å²) in [7, 11) is 0. The van der Waals surface area contributed by atoms with Crippen LogP contribution in [0.2, 0.25) is 5.02 Å². The third-order valence-corrected chi connectivity index (χ3v) is 5.35. The highest BCUT2D eigenvalue weighted by atomic mass is 35.5. The molecule has 2 heterocycles. The first-order valence-corrected chi connectivity index (χ1v) is 10.1. The first-order valence-electron chi connectivity index (χ1n) is 8.95. The number of halogens is 1. The SMILES string of the molecule is N#CC(=Cc1cnc2ccccc2n1)C(=O)Nc1ncc(Cc2ccc(Cl)cc2)s1. The summed E-state index contributed by atoms with van der Waals surface area (Å²) in [6.07, 6.45) is 5.33. The number of para-hydroxylation sites is 2. The van der Waals surface area contributed by atoms with Crippen molar-refractivity contribution in [2.75, 3.05) is 5.32 Å². The van der Waals surface area contributed by atoms with Crippen LogP contribution in [0.4, 0.5) is 5.13 Å². The molecule has 4 rings (SSSR count). The van der Waals surface area contributed by atoms with E-state index in [1.807, 2.05) is 54.6 Å². The number of carbonyl (C=O) groups is 1. The summed E-state index contributed by atoms with van der Waals surface area (Å²) in [4.78, 5) is 26.4. The molecule has 0 saturated heterocycles. The number of carbonyl (C=O) groups excluding carboxylic acids is 1. The van der Waals surface area contributed by atoms with Crippen molar-refractivity contribution in [1.29, 1.82) is 5.26 Å². The lowest BCUT2D eigenvalue weighted by molar-refractivity contribution is -0.112. The topological polar surface area (TPSA) is 91.6 Å². The number of rotatable bonds is 5. The quantitative estimate of drug-likeness (QED) is 0.359. The van der Waals surface area contributed by atoms with Gasteiger partial charge in [-0.3, -0.25) is 15.1 Å². The molecule has 0 unspecified atom stereocenters. The van der Waals surface area contributed by atoms with E-state index in [9.17, 15) is 10.1 Å². The van der Waals surface area contributed by atoms with Gasteiger partial charge in [0.15, 0.2) is 5.13 Å². The van der Waals surface area contributed by atoms with Gasteiger partial charge in [0, 0.05) is 22.5 Å². The number of hydrogen-bond donors (Lipinski definition) is 1. The molecular formula is C22H14ClN5OS. The lowest BCUT2D eigenvalue weighted by Gasteiger charge is -2.01. The predicted octanol–water partition coefficient (Wildman–Crippen LogP) is 4.88. The number of benzene rings is 2. The van der Waals surface area contributed by atoms with Crippen LogP contribution in [0.3, 0.4) is 0 Å². The molecule has 0 fully saturated rings. The van der Waals surface area contributed by atoms with E-state index in [1.165, 1.54) is 23.6 Å². The summed E-state index contributed by atoms with van der Waals surface area (Å²) < 4.78 is 0. The van der Waals surface area contributed by atoms with Gasteiger partial charge >= 0.3 is 0 Å². The number of aromatic nitrogens is 3. The first kappa shape index (κ1) is 19.7. The van der Waals surface area contributed by atoms with E-state index in [1.54, 1.807) is 6.20 Å². The highest BCUT2D eigenvalue weighted by Crippen LogP contribution is 2.22. The standard InChI is InChI=1S/C22H14ClN5OS/c23-16-7-5-14(6-8-16)9-18-13-26-22(30-18)28-21(29)15(11-24)10-17-12-25-19-3-1-2-4-20(19)27-17/h1-8,10,12-13H,9H2,(H,26,28,29). The molecule has 1 amide bonds. The van der Waals surface area contributed by atoms with Crippen molar-refractivity contribution in [1.82, 2.24) is 15.0 Å². The Morgan fingerprint density at radius 1 is 1.10 bits per heavy atom. The molecule has 2 aromatic heterocycles. The number of amides is 1. The minimum Gasteiger partial charge on any atom is -0.297 e. The minimum absolute atomic E-state index is 0.0750. The van der Waals surface area contributed by atoms with Crippen molar-refractivity contribution in [2.45, 2.75) is 6.42 Å². The molecule has 0 atom stereocenters. The molecule has 0 aliphatic carbocycles. The number of anilines is 1. The molecular weight excluding hydrogens is 418 g/mol. The number of fused-ring (bicyclic) bond motifs is 1. The van der Waals surface area contributed by atoms with Crippen LogP contribution in [0.25, 0.3) is 17.1 Å². The fourth-order valence-corrected chi connectivity index (χ4v) is 3.72. The van der Waals surface area contributed by atoms with Gasteiger partial charge in [0.25, 0.3) is 5.91 Å². The Hall–Kier alpha value is -3.60. The molecule has 4 aromatic rings. The number of nitriles is 1. The third-order valence-electron chi connectivity index (χ3n) is 4.19. The van der Waals surface area contributed by atoms with E-state index in [4.69, 9.17) is 11.6 Å². The fourth-order valence-electron chi connectivity index (χ4n) is 2.75. The molecule has 0 spiro atoms. The zero-order valence-electron chi connectivity index (χ0n) is 15.5. The molecule has 30 heavy (non-hydrogen) atoms. The molecule has 0 aliphatic rings. The van der Waals surface area contributed by atoms with Gasteiger partial charge in [0.05, 0.1) is 22.9 Å². The second-order valence-corrected chi connectivity index (χ2v) is 7.89. The summed E-state index contributed by atoms with van der Waals surface area (Å²) in [6, 6.07) is 16.9. The van der Waals surface area contributed by atoms with Crippen molar-refractivity contribution < 1.29 is 4.79 Å². The summed E-state index contributed by atoms with van der Waals surface area (Å²) in [5.41, 5.74) is 2.88. The number of nitrogens with one attached hydrogen (secondary N) is 1. The van der Waals surface area contributed by atoms with Gasteiger partial charge in [-0.05, 0) is 35.9 Å². The second kappa shape index (κ2) is 8.82. The molecule has 0 saturated carbocycles. The Balaban J connectivity index is 1.47. The Kier molecular flexibility index (Phi) is 5.80. The summed E-state index contributed by atoms with van der Waals surface area (Å²) in [5.74, 6) is -0.542. The van der Waals surface area contributed by atoms with Crippen LogP contribution < -0.4 is 5.32 Å². The average molecular weight is 432 g/mol. The highest BCUT2D eigenvalue weighted by molar-refractivity contribution is 7.15. The van der Waals surface area contributed by atoms with Gasteiger partial charge in [0.2, 0.25) is 0 Å². The molecule has 1 N–H and O–H groups in total. The normalized spacial score (nSPS) is 11.3. The Morgan fingerprint density at radius 2 is 1.87 bits per heavy atom. The summed E-state index contributed by atoms with van der Waals surface area (Å²) >= 11 is 7.26. The largest absolute Gasteiger partial charge is 0.297 e. The second-order valence-electron chi connectivity index (χ2n) is 6.34. The Labute approximate surface area is 181 Å². The van der Waals surface area contributed by atoms with Gasteiger partial charge in [0.1, 0.15) is 11.6 Å². The molecule has 2 aromatic carbocycles. The van der Waals surface area contributed by atoms with Crippen molar-refractivity contribution in [3.05, 3.63) is 87.7 Å². The zero-order chi connectivity index (χ0) is 20.9. The van der Waals surface area contributed by atoms with Crippen LogP contribution in [-0.4, -0.2) is 20.9 Å². The van der Waals surface area contributed by atoms with E-state index in [-0.39, 0.29) is 5.57 Å². The Bertz CT molecular complexity index is 1290. The van der Waals surface area contributed by atoms with E-state index in [0.29, 0.717) is 27.8 Å². The van der Waals surface area contributed by atoms with Crippen LogP contribution >= 0.6 is 22.9 Å². The third kappa shape index (κ3) is 4.69. The van der Waals surface area contributed by atoms with Crippen LogP contribution in [0.5, 0.6) is 0 Å². The van der Waals surface area contributed by atoms with Crippen LogP contribution in [-0.2, 0) is 11.2 Å². The van der Waals surface area contributed by atoms with Gasteiger partial charge in [-0.2, -0.15) is 5.26 Å². The first-order chi connectivity index (χ1) is 14.6. The predicted molar refractivity (Wildman–Crippen MR) is 118 cm³/mol. The average Bonchev–Trinajstić information content (AvgIpc) is 3.20. The van der Waals surface area contributed by atoms with Gasteiger partial charge in [-0.1, -0.05) is 35.9 Å². The molecule has 8 heteroatoms. The lowest BCUT2D eigenvalue weighted by Crippen LogP contribution is -2.13. The number of hydrogen-bond acceptors (Lipinski definition) is 6. The van der Waals surface area contributed by atoms with E-state index in [2.05, 4.69) is 20.3 Å². The molecule has 0 bridgehead atoms. The maximum absolute atomic E-state index is 12.5. The van der Waals surface area contributed by atoms with Crippen LogP contribution in [0, 0.1) is 11.3 Å². The highest BCUT2D eigenvalue weighted by Gasteiger charge is 2.13. The van der Waals surface area contributed by atoms with Gasteiger partial charge < -0.3 is 0 Å². The van der Waals surface area contributed by atoms with E-state index >= 15 is 0 Å². The monoisotopic (exact) mass is 431 g/mol. The summed E-state index contributed by atoms with van der Waals surface area (Å²) in [6.45, 7) is 0. The molecule has 6 nitrogen and oxygen atoms in total. The maximum Gasteiger partial charge on any atom is 0.268 e. The summed E-state index contributed by atoms with van der Waals surface area (Å²) in [5, 5.41) is 13.2.